The maximum atomic E-state index is 13.2. The lowest BCUT2D eigenvalue weighted by Crippen LogP contribution is -2.25. The van der Waals surface area contributed by atoms with Crippen LogP contribution in [-0.2, 0) is 10.0 Å². The summed E-state index contributed by atoms with van der Waals surface area (Å²) in [5.74, 6) is -0.871. The van der Waals surface area contributed by atoms with Crippen LogP contribution in [0.3, 0.4) is 0 Å². The van der Waals surface area contributed by atoms with Crippen LogP contribution in [0.2, 0.25) is 0 Å². The number of sulfonamides is 1. The summed E-state index contributed by atoms with van der Waals surface area (Å²) in [4.78, 5) is 11.8. The van der Waals surface area contributed by atoms with Gasteiger partial charge in [-0.15, -0.1) is 0 Å². The van der Waals surface area contributed by atoms with Gasteiger partial charge >= 0.3 is 0 Å². The first-order chi connectivity index (χ1) is 10.9. The number of halogens is 1. The summed E-state index contributed by atoms with van der Waals surface area (Å²) < 4.78 is 40.0. The average molecular weight is 334 g/mol. The second-order valence-corrected chi connectivity index (χ2v) is 7.07. The topological polar surface area (TPSA) is 75.3 Å². The molecule has 0 saturated heterocycles. The van der Waals surface area contributed by atoms with Crippen LogP contribution in [-0.4, -0.2) is 20.4 Å². The lowest BCUT2D eigenvalue weighted by atomic mass is 10.2. The molecule has 0 unspecified atom stereocenters. The number of hydrogen-bond acceptors (Lipinski definition) is 3. The highest BCUT2D eigenvalue weighted by atomic mass is 32.2. The molecule has 0 aromatic heterocycles. The molecule has 7 heteroatoms. The van der Waals surface area contributed by atoms with Gasteiger partial charge in [0, 0.05) is 17.3 Å². The van der Waals surface area contributed by atoms with E-state index in [4.69, 9.17) is 0 Å². The van der Waals surface area contributed by atoms with Gasteiger partial charge in [-0.05, 0) is 49.2 Å². The molecule has 5 nitrogen and oxygen atoms in total. The van der Waals surface area contributed by atoms with E-state index in [1.807, 2.05) is 0 Å². The van der Waals surface area contributed by atoms with Crippen molar-refractivity contribution < 1.29 is 17.6 Å². The molecule has 2 aromatic rings. The standard InChI is InChI=1S/C16H15FN2O3S/c17-12-4-2-6-15(10-12)23(21,22)19-14-5-1-3-11(9-14)16(20)18-13-7-8-13/h1-6,9-10,13,19H,7-8H2,(H,18,20). The Morgan fingerprint density at radius 1 is 1.09 bits per heavy atom. The van der Waals surface area contributed by atoms with E-state index in [2.05, 4.69) is 10.0 Å². The second-order valence-electron chi connectivity index (χ2n) is 5.39. The van der Waals surface area contributed by atoms with E-state index in [9.17, 15) is 17.6 Å². The summed E-state index contributed by atoms with van der Waals surface area (Å²) in [5, 5.41) is 2.83. The average Bonchev–Trinajstić information content (AvgIpc) is 3.31. The molecule has 1 aliphatic carbocycles. The fourth-order valence-electron chi connectivity index (χ4n) is 2.07. The van der Waals surface area contributed by atoms with Crippen molar-refractivity contribution in [2.24, 2.45) is 0 Å². The highest BCUT2D eigenvalue weighted by Crippen LogP contribution is 2.21. The van der Waals surface area contributed by atoms with E-state index >= 15 is 0 Å². The molecule has 23 heavy (non-hydrogen) atoms. The molecule has 0 radical (unpaired) electrons. The molecule has 0 spiro atoms. The third kappa shape index (κ3) is 3.87. The van der Waals surface area contributed by atoms with Gasteiger partial charge in [0.2, 0.25) is 0 Å². The normalized spacial score (nSPS) is 14.3. The van der Waals surface area contributed by atoms with Crippen molar-refractivity contribution in [1.29, 1.82) is 0 Å². The molecule has 3 rings (SSSR count). The van der Waals surface area contributed by atoms with E-state index in [-0.39, 0.29) is 22.5 Å². The predicted molar refractivity (Wildman–Crippen MR) is 84.1 cm³/mol. The van der Waals surface area contributed by atoms with E-state index in [0.29, 0.717) is 5.56 Å². The number of benzene rings is 2. The smallest absolute Gasteiger partial charge is 0.261 e. The molecule has 1 aliphatic rings. The minimum Gasteiger partial charge on any atom is -0.349 e. The maximum Gasteiger partial charge on any atom is 0.261 e. The molecule has 1 amide bonds. The molecule has 0 aliphatic heterocycles. The summed E-state index contributed by atoms with van der Waals surface area (Å²) in [6, 6.07) is 11.1. The first-order valence-electron chi connectivity index (χ1n) is 7.13. The Hall–Kier alpha value is -2.41. The lowest BCUT2D eigenvalue weighted by Gasteiger charge is -2.10. The van der Waals surface area contributed by atoms with Crippen molar-refractivity contribution in [2.45, 2.75) is 23.8 Å². The van der Waals surface area contributed by atoms with Gasteiger partial charge in [0.1, 0.15) is 5.82 Å². The van der Waals surface area contributed by atoms with Gasteiger partial charge in [0.25, 0.3) is 15.9 Å². The minimum absolute atomic E-state index is 0.176. The molecular formula is C16H15FN2O3S. The van der Waals surface area contributed by atoms with Crippen LogP contribution < -0.4 is 10.0 Å². The zero-order chi connectivity index (χ0) is 16.4. The molecule has 0 atom stereocenters. The van der Waals surface area contributed by atoms with Crippen molar-refractivity contribution in [3.63, 3.8) is 0 Å². The Bertz CT molecular complexity index is 848. The summed E-state index contributed by atoms with van der Waals surface area (Å²) in [5.41, 5.74) is 0.619. The van der Waals surface area contributed by atoms with Gasteiger partial charge in [-0.3, -0.25) is 9.52 Å². The van der Waals surface area contributed by atoms with Crippen LogP contribution in [0, 0.1) is 5.82 Å². The van der Waals surface area contributed by atoms with E-state index < -0.39 is 15.8 Å². The van der Waals surface area contributed by atoms with Gasteiger partial charge in [-0.25, -0.2) is 12.8 Å². The van der Waals surface area contributed by atoms with Crippen molar-refractivity contribution in [3.05, 3.63) is 59.9 Å². The summed E-state index contributed by atoms with van der Waals surface area (Å²) in [7, 11) is -3.91. The highest BCUT2D eigenvalue weighted by Gasteiger charge is 2.24. The zero-order valence-corrected chi connectivity index (χ0v) is 12.9. The van der Waals surface area contributed by atoms with Gasteiger partial charge in [0.05, 0.1) is 4.90 Å². The highest BCUT2D eigenvalue weighted by molar-refractivity contribution is 7.92. The third-order valence-corrected chi connectivity index (χ3v) is 4.77. The molecule has 0 bridgehead atoms. The summed E-state index contributed by atoms with van der Waals surface area (Å²) in [6.07, 6.45) is 1.94. The number of nitrogens with one attached hydrogen (secondary N) is 2. The van der Waals surface area contributed by atoms with Gasteiger partial charge in [-0.2, -0.15) is 0 Å². The number of anilines is 1. The van der Waals surface area contributed by atoms with Crippen molar-refractivity contribution in [1.82, 2.24) is 5.32 Å². The van der Waals surface area contributed by atoms with E-state index in [0.717, 1.165) is 18.9 Å². The predicted octanol–water partition coefficient (Wildman–Crippen LogP) is 2.52. The summed E-state index contributed by atoms with van der Waals surface area (Å²) in [6.45, 7) is 0. The monoisotopic (exact) mass is 334 g/mol. The molecule has 1 fully saturated rings. The maximum absolute atomic E-state index is 13.2. The van der Waals surface area contributed by atoms with Crippen molar-refractivity contribution in [3.8, 4) is 0 Å². The summed E-state index contributed by atoms with van der Waals surface area (Å²) >= 11 is 0. The van der Waals surface area contributed by atoms with Crippen LogP contribution >= 0.6 is 0 Å². The van der Waals surface area contributed by atoms with Crippen LogP contribution in [0.25, 0.3) is 0 Å². The molecule has 0 heterocycles. The largest absolute Gasteiger partial charge is 0.349 e. The Balaban J connectivity index is 1.80. The van der Waals surface area contributed by atoms with Gasteiger partial charge in [-0.1, -0.05) is 12.1 Å². The lowest BCUT2D eigenvalue weighted by molar-refractivity contribution is 0.0951. The molecule has 2 N–H and O–H groups in total. The molecule has 120 valence electrons. The molecular weight excluding hydrogens is 319 g/mol. The van der Waals surface area contributed by atoms with Crippen LogP contribution in [0.4, 0.5) is 10.1 Å². The van der Waals surface area contributed by atoms with Crippen LogP contribution in [0.15, 0.2) is 53.4 Å². The van der Waals surface area contributed by atoms with E-state index in [1.54, 1.807) is 12.1 Å². The first kappa shape index (κ1) is 15.5. The van der Waals surface area contributed by atoms with Gasteiger partial charge in [0.15, 0.2) is 0 Å². The second kappa shape index (κ2) is 6.00. The Labute approximate surface area is 133 Å². The molecule has 1 saturated carbocycles. The zero-order valence-electron chi connectivity index (χ0n) is 12.1. The van der Waals surface area contributed by atoms with Crippen LogP contribution in [0.5, 0.6) is 0 Å². The SMILES string of the molecule is O=C(NC1CC1)c1cccc(NS(=O)(=O)c2cccc(F)c2)c1. The van der Waals surface area contributed by atoms with Crippen molar-refractivity contribution >= 4 is 21.6 Å². The van der Waals surface area contributed by atoms with Gasteiger partial charge < -0.3 is 5.32 Å². The number of rotatable bonds is 5. The fourth-order valence-corrected chi connectivity index (χ4v) is 3.15. The Morgan fingerprint density at radius 2 is 1.83 bits per heavy atom. The Kier molecular flexibility index (Phi) is 4.04. The number of carbonyl (C=O) groups is 1. The van der Waals surface area contributed by atoms with E-state index in [1.165, 1.54) is 30.3 Å². The van der Waals surface area contributed by atoms with Crippen LogP contribution in [0.1, 0.15) is 23.2 Å². The first-order valence-corrected chi connectivity index (χ1v) is 8.62. The quantitative estimate of drug-likeness (QED) is 0.882. The number of carbonyl (C=O) groups excluding carboxylic acids is 1. The van der Waals surface area contributed by atoms with Crippen molar-refractivity contribution in [2.75, 3.05) is 4.72 Å². The third-order valence-electron chi connectivity index (χ3n) is 3.40. The minimum atomic E-state index is -3.91. The fraction of sp³-hybridized carbons (Fsp3) is 0.188. The number of hydrogen-bond donors (Lipinski definition) is 2. The Morgan fingerprint density at radius 3 is 2.52 bits per heavy atom. The number of amides is 1. The molecule has 2 aromatic carbocycles.